The van der Waals surface area contributed by atoms with E-state index in [0.29, 0.717) is 23.8 Å². The van der Waals surface area contributed by atoms with Crippen LogP contribution in [0.2, 0.25) is 0 Å². The molecule has 1 fully saturated rings. The van der Waals surface area contributed by atoms with Crippen molar-refractivity contribution in [2.45, 2.75) is 49.4 Å². The summed E-state index contributed by atoms with van der Waals surface area (Å²) in [5.74, 6) is -0.0497. The summed E-state index contributed by atoms with van der Waals surface area (Å²) in [5, 5.41) is 0. The highest BCUT2D eigenvalue weighted by Crippen LogP contribution is 2.39. The molecular weight excluding hydrogens is 362 g/mol. The van der Waals surface area contributed by atoms with Crippen molar-refractivity contribution in [1.82, 2.24) is 4.98 Å². The number of anilines is 1. The van der Waals surface area contributed by atoms with E-state index in [-0.39, 0.29) is 20.9 Å². The second kappa shape index (κ2) is 6.64. The summed E-state index contributed by atoms with van der Waals surface area (Å²) in [6.45, 7) is 8.66. The minimum Gasteiger partial charge on any atom is -0.365 e. The Morgan fingerprint density at radius 2 is 1.89 bits per heavy atom. The van der Waals surface area contributed by atoms with Crippen molar-refractivity contribution in [3.63, 3.8) is 0 Å². The third-order valence-electron chi connectivity index (χ3n) is 5.14. The SMILES string of the molecule is Cc1ccccc1S(=O)(=O)c1ccnc(N2C[C@@H](C)CC2(C)C)c1C(N)=O. The van der Waals surface area contributed by atoms with Crippen LogP contribution in [0, 0.1) is 12.8 Å². The number of pyridine rings is 1. The summed E-state index contributed by atoms with van der Waals surface area (Å²) in [7, 11) is -3.92. The number of nitrogens with two attached hydrogens (primary N) is 1. The molecule has 1 amide bonds. The number of aryl methyl sites for hydroxylation is 1. The number of nitrogens with zero attached hydrogens (tertiary/aromatic N) is 2. The number of rotatable bonds is 4. The Labute approximate surface area is 160 Å². The number of sulfone groups is 1. The zero-order valence-corrected chi connectivity index (χ0v) is 16.9. The maximum atomic E-state index is 13.3. The minimum absolute atomic E-state index is 0.0390. The summed E-state index contributed by atoms with van der Waals surface area (Å²) in [4.78, 5) is 18.8. The third kappa shape index (κ3) is 3.32. The molecule has 2 aromatic rings. The molecule has 0 saturated carbocycles. The van der Waals surface area contributed by atoms with E-state index in [1.54, 1.807) is 25.1 Å². The molecule has 7 heteroatoms. The summed E-state index contributed by atoms with van der Waals surface area (Å²) in [6.07, 6.45) is 2.35. The highest BCUT2D eigenvalue weighted by molar-refractivity contribution is 7.91. The first kappa shape index (κ1) is 19.4. The molecular formula is C20H25N3O3S. The standard InChI is InChI=1S/C20H25N3O3S/c1-13-11-20(3,4)23(12-13)19-17(18(21)24)16(9-10-22-19)27(25,26)15-8-6-5-7-14(15)2/h5-10,13H,11-12H2,1-4H3,(H2,21,24)/t13-/m0/s1. The topological polar surface area (TPSA) is 93.4 Å². The van der Waals surface area contributed by atoms with Gasteiger partial charge in [0.1, 0.15) is 11.4 Å². The van der Waals surface area contributed by atoms with Gasteiger partial charge in [-0.2, -0.15) is 0 Å². The van der Waals surface area contributed by atoms with Crippen LogP contribution in [0.5, 0.6) is 0 Å². The van der Waals surface area contributed by atoms with Crippen LogP contribution < -0.4 is 10.6 Å². The quantitative estimate of drug-likeness (QED) is 0.870. The molecule has 0 unspecified atom stereocenters. The van der Waals surface area contributed by atoms with Gasteiger partial charge < -0.3 is 10.6 Å². The van der Waals surface area contributed by atoms with Gasteiger partial charge in [-0.25, -0.2) is 13.4 Å². The fourth-order valence-electron chi connectivity index (χ4n) is 4.03. The van der Waals surface area contributed by atoms with Crippen molar-refractivity contribution >= 4 is 21.6 Å². The fourth-order valence-corrected chi connectivity index (χ4v) is 5.72. The Morgan fingerprint density at radius 1 is 1.22 bits per heavy atom. The van der Waals surface area contributed by atoms with Crippen LogP contribution in [0.1, 0.15) is 43.1 Å². The lowest BCUT2D eigenvalue weighted by Gasteiger charge is -2.34. The molecule has 27 heavy (non-hydrogen) atoms. The van der Waals surface area contributed by atoms with E-state index < -0.39 is 15.7 Å². The van der Waals surface area contributed by atoms with E-state index in [0.717, 1.165) is 6.42 Å². The van der Waals surface area contributed by atoms with Crippen LogP contribution >= 0.6 is 0 Å². The lowest BCUT2D eigenvalue weighted by atomic mass is 9.97. The molecule has 1 atom stereocenters. The molecule has 1 aliphatic rings. The van der Waals surface area contributed by atoms with Crippen molar-refractivity contribution in [2.24, 2.45) is 11.7 Å². The van der Waals surface area contributed by atoms with Crippen LogP contribution in [0.25, 0.3) is 0 Å². The van der Waals surface area contributed by atoms with Crippen molar-refractivity contribution in [3.05, 3.63) is 47.7 Å². The van der Waals surface area contributed by atoms with Crippen molar-refractivity contribution in [2.75, 3.05) is 11.4 Å². The number of amides is 1. The predicted octanol–water partition coefficient (Wildman–Crippen LogP) is 2.95. The number of benzene rings is 1. The molecule has 0 aliphatic carbocycles. The molecule has 0 bridgehead atoms. The summed E-state index contributed by atoms with van der Waals surface area (Å²) in [6, 6.07) is 8.06. The predicted molar refractivity (Wildman–Crippen MR) is 105 cm³/mol. The first-order chi connectivity index (χ1) is 12.6. The number of aromatic nitrogens is 1. The van der Waals surface area contributed by atoms with E-state index in [1.165, 1.54) is 18.3 Å². The Morgan fingerprint density at radius 3 is 2.44 bits per heavy atom. The Kier molecular flexibility index (Phi) is 4.76. The maximum absolute atomic E-state index is 13.3. The van der Waals surface area contributed by atoms with E-state index in [9.17, 15) is 13.2 Å². The molecule has 2 heterocycles. The second-order valence-electron chi connectivity index (χ2n) is 7.87. The monoisotopic (exact) mass is 387 g/mol. The van der Waals surface area contributed by atoms with Gasteiger partial charge in [-0.3, -0.25) is 4.79 Å². The molecule has 0 radical (unpaired) electrons. The highest BCUT2D eigenvalue weighted by Gasteiger charge is 2.40. The lowest BCUT2D eigenvalue weighted by molar-refractivity contribution is 0.0997. The van der Waals surface area contributed by atoms with Gasteiger partial charge >= 0.3 is 0 Å². The van der Waals surface area contributed by atoms with Gasteiger partial charge in [0, 0.05) is 18.3 Å². The van der Waals surface area contributed by atoms with Crippen molar-refractivity contribution in [3.8, 4) is 0 Å². The van der Waals surface area contributed by atoms with E-state index in [4.69, 9.17) is 5.73 Å². The average molecular weight is 388 g/mol. The maximum Gasteiger partial charge on any atom is 0.253 e. The fraction of sp³-hybridized carbons (Fsp3) is 0.400. The van der Waals surface area contributed by atoms with Crippen LogP contribution in [0.4, 0.5) is 5.82 Å². The summed E-state index contributed by atoms with van der Waals surface area (Å²) >= 11 is 0. The molecule has 1 aromatic heterocycles. The molecule has 1 aliphatic heterocycles. The van der Waals surface area contributed by atoms with E-state index >= 15 is 0 Å². The van der Waals surface area contributed by atoms with Crippen molar-refractivity contribution in [1.29, 1.82) is 0 Å². The Hall–Kier alpha value is -2.41. The molecule has 2 N–H and O–H groups in total. The average Bonchev–Trinajstić information content (AvgIpc) is 2.86. The summed E-state index contributed by atoms with van der Waals surface area (Å²) < 4.78 is 26.6. The van der Waals surface area contributed by atoms with Gasteiger partial charge in [-0.05, 0) is 50.8 Å². The largest absolute Gasteiger partial charge is 0.365 e. The van der Waals surface area contributed by atoms with Gasteiger partial charge in [-0.1, -0.05) is 25.1 Å². The molecule has 3 rings (SSSR count). The van der Waals surface area contributed by atoms with Gasteiger partial charge in [0.15, 0.2) is 0 Å². The van der Waals surface area contributed by atoms with Gasteiger partial charge in [-0.15, -0.1) is 0 Å². The van der Waals surface area contributed by atoms with Crippen LogP contribution in [0.15, 0.2) is 46.3 Å². The van der Waals surface area contributed by atoms with Gasteiger partial charge in [0.2, 0.25) is 9.84 Å². The molecule has 0 spiro atoms. The second-order valence-corrected chi connectivity index (χ2v) is 9.76. The van der Waals surface area contributed by atoms with Crippen LogP contribution in [-0.4, -0.2) is 31.4 Å². The minimum atomic E-state index is -3.92. The number of primary amides is 1. The van der Waals surface area contributed by atoms with Gasteiger partial charge in [0.25, 0.3) is 5.91 Å². The highest BCUT2D eigenvalue weighted by atomic mass is 32.2. The number of hydrogen-bond donors (Lipinski definition) is 1. The zero-order chi connectivity index (χ0) is 20.0. The summed E-state index contributed by atoms with van der Waals surface area (Å²) in [5.41, 5.74) is 5.97. The number of carbonyl (C=O) groups is 1. The lowest BCUT2D eigenvalue weighted by Crippen LogP contribution is -2.40. The molecule has 144 valence electrons. The molecule has 6 nitrogen and oxygen atoms in total. The van der Waals surface area contributed by atoms with Gasteiger partial charge in [0.05, 0.1) is 9.79 Å². The van der Waals surface area contributed by atoms with Crippen molar-refractivity contribution < 1.29 is 13.2 Å². The zero-order valence-electron chi connectivity index (χ0n) is 16.1. The Bertz CT molecular complexity index is 999. The number of hydrogen-bond acceptors (Lipinski definition) is 5. The van der Waals surface area contributed by atoms with Crippen LogP contribution in [-0.2, 0) is 9.84 Å². The number of carbonyl (C=O) groups excluding carboxylic acids is 1. The Balaban J connectivity index is 2.25. The molecule has 1 saturated heterocycles. The first-order valence-electron chi connectivity index (χ1n) is 8.93. The third-order valence-corrected chi connectivity index (χ3v) is 7.10. The smallest absolute Gasteiger partial charge is 0.253 e. The van der Waals surface area contributed by atoms with Crippen LogP contribution in [0.3, 0.4) is 0 Å². The first-order valence-corrected chi connectivity index (χ1v) is 10.4. The van der Waals surface area contributed by atoms with E-state index in [2.05, 4.69) is 25.8 Å². The van der Waals surface area contributed by atoms with E-state index in [1.807, 2.05) is 4.90 Å². The molecule has 1 aromatic carbocycles. The normalized spacial score (nSPS) is 19.3.